The molecule has 0 saturated carbocycles. The van der Waals surface area contributed by atoms with Gasteiger partial charge in [-0.1, -0.05) is 53.7 Å². The zero-order valence-corrected chi connectivity index (χ0v) is 17.0. The first kappa shape index (κ1) is 20.1. The molecule has 0 spiro atoms. The molecule has 146 valence electrons. The lowest BCUT2D eigenvalue weighted by atomic mass is 10.1. The molecular formula is C21H23FN4OS. The largest absolute Gasteiger partial charge is 0.341 e. The van der Waals surface area contributed by atoms with E-state index in [1.54, 1.807) is 25.2 Å². The van der Waals surface area contributed by atoms with Gasteiger partial charge in [0.05, 0.1) is 5.75 Å². The first-order chi connectivity index (χ1) is 13.5. The van der Waals surface area contributed by atoms with Gasteiger partial charge in [-0.15, -0.1) is 10.2 Å². The molecule has 0 radical (unpaired) electrons. The van der Waals surface area contributed by atoms with Gasteiger partial charge in [-0.3, -0.25) is 4.79 Å². The molecule has 1 amide bonds. The van der Waals surface area contributed by atoms with Gasteiger partial charge in [0.15, 0.2) is 11.0 Å². The van der Waals surface area contributed by atoms with Gasteiger partial charge < -0.3 is 9.47 Å². The molecule has 0 aliphatic carbocycles. The lowest BCUT2D eigenvalue weighted by molar-refractivity contribution is -0.127. The highest BCUT2D eigenvalue weighted by Gasteiger charge is 2.17. The van der Waals surface area contributed by atoms with E-state index in [-0.39, 0.29) is 24.0 Å². The van der Waals surface area contributed by atoms with E-state index in [0.29, 0.717) is 17.3 Å². The number of aromatic nitrogens is 3. The quantitative estimate of drug-likeness (QED) is 0.561. The number of hydrogen-bond acceptors (Lipinski definition) is 4. The summed E-state index contributed by atoms with van der Waals surface area (Å²) < 4.78 is 15.8. The van der Waals surface area contributed by atoms with Crippen molar-refractivity contribution in [3.8, 4) is 11.4 Å². The maximum atomic E-state index is 13.8. The summed E-state index contributed by atoms with van der Waals surface area (Å²) in [7, 11) is 1.68. The van der Waals surface area contributed by atoms with Crippen LogP contribution in [0.1, 0.15) is 18.1 Å². The summed E-state index contributed by atoms with van der Waals surface area (Å²) in [5.41, 5.74) is 2.66. The molecule has 0 N–H and O–H groups in total. The fourth-order valence-corrected chi connectivity index (χ4v) is 3.83. The summed E-state index contributed by atoms with van der Waals surface area (Å²) in [6.07, 6.45) is 0. The Balaban J connectivity index is 1.67. The molecule has 28 heavy (non-hydrogen) atoms. The van der Waals surface area contributed by atoms with Crippen molar-refractivity contribution < 1.29 is 9.18 Å². The van der Waals surface area contributed by atoms with Gasteiger partial charge in [-0.2, -0.15) is 0 Å². The molecule has 2 aromatic carbocycles. The van der Waals surface area contributed by atoms with Gasteiger partial charge >= 0.3 is 0 Å². The smallest absolute Gasteiger partial charge is 0.233 e. The second-order valence-corrected chi connectivity index (χ2v) is 7.49. The normalized spacial score (nSPS) is 10.9. The predicted octanol–water partition coefficient (Wildman–Crippen LogP) is 4.16. The Bertz CT molecular complexity index is 973. The van der Waals surface area contributed by atoms with Crippen LogP contribution >= 0.6 is 11.8 Å². The van der Waals surface area contributed by atoms with Crippen molar-refractivity contribution in [3.05, 3.63) is 65.5 Å². The van der Waals surface area contributed by atoms with Gasteiger partial charge in [0, 0.05) is 31.3 Å². The molecule has 1 heterocycles. The van der Waals surface area contributed by atoms with E-state index < -0.39 is 0 Å². The minimum Gasteiger partial charge on any atom is -0.341 e. The zero-order valence-electron chi connectivity index (χ0n) is 16.2. The Kier molecular flexibility index (Phi) is 6.46. The Morgan fingerprint density at radius 2 is 1.96 bits per heavy atom. The van der Waals surface area contributed by atoms with Gasteiger partial charge in [-0.25, -0.2) is 4.39 Å². The predicted molar refractivity (Wildman–Crippen MR) is 109 cm³/mol. The molecular weight excluding hydrogens is 375 g/mol. The van der Waals surface area contributed by atoms with E-state index in [2.05, 4.69) is 16.3 Å². The molecule has 7 heteroatoms. The van der Waals surface area contributed by atoms with Crippen LogP contribution in [0.4, 0.5) is 4.39 Å². The SMILES string of the molecule is CCn1c(SCC(=O)N(C)Cc2ccccc2F)nnc1-c1cccc(C)c1. The fraction of sp³-hybridized carbons (Fsp3) is 0.286. The van der Waals surface area contributed by atoms with Gasteiger partial charge in [0.2, 0.25) is 5.91 Å². The number of halogens is 1. The first-order valence-corrected chi connectivity index (χ1v) is 10.1. The lowest BCUT2D eigenvalue weighted by Crippen LogP contribution is -2.28. The number of carbonyl (C=O) groups excluding carboxylic acids is 1. The maximum absolute atomic E-state index is 13.8. The van der Waals surface area contributed by atoms with Gasteiger partial charge in [0.25, 0.3) is 0 Å². The number of rotatable bonds is 7. The summed E-state index contributed by atoms with van der Waals surface area (Å²) in [5, 5.41) is 9.29. The van der Waals surface area contributed by atoms with Crippen LogP contribution in [0.25, 0.3) is 11.4 Å². The molecule has 0 atom stereocenters. The van der Waals surface area contributed by atoms with Crippen LogP contribution in [-0.2, 0) is 17.9 Å². The van der Waals surface area contributed by atoms with Crippen molar-refractivity contribution in [2.24, 2.45) is 0 Å². The van der Waals surface area contributed by atoms with Gasteiger partial charge in [-0.05, 0) is 26.0 Å². The Morgan fingerprint density at radius 1 is 1.18 bits per heavy atom. The molecule has 0 bridgehead atoms. The lowest BCUT2D eigenvalue weighted by Gasteiger charge is -2.17. The van der Waals surface area contributed by atoms with E-state index in [4.69, 9.17) is 0 Å². The summed E-state index contributed by atoms with van der Waals surface area (Å²) in [6, 6.07) is 14.6. The average molecular weight is 399 g/mol. The second kappa shape index (κ2) is 9.01. The van der Waals surface area contributed by atoms with Crippen molar-refractivity contribution >= 4 is 17.7 Å². The third-order valence-electron chi connectivity index (χ3n) is 4.43. The van der Waals surface area contributed by atoms with E-state index in [9.17, 15) is 9.18 Å². The average Bonchev–Trinajstić information content (AvgIpc) is 3.10. The molecule has 1 aromatic heterocycles. The molecule has 0 fully saturated rings. The topological polar surface area (TPSA) is 51.0 Å². The van der Waals surface area contributed by atoms with E-state index in [0.717, 1.165) is 17.0 Å². The Hall–Kier alpha value is -2.67. The summed E-state index contributed by atoms with van der Waals surface area (Å²) in [5.74, 6) is 0.622. The van der Waals surface area contributed by atoms with Crippen LogP contribution < -0.4 is 0 Å². The van der Waals surface area contributed by atoms with E-state index in [1.807, 2.05) is 36.6 Å². The number of nitrogens with zero attached hydrogens (tertiary/aromatic N) is 4. The zero-order chi connectivity index (χ0) is 20.1. The number of benzene rings is 2. The molecule has 3 rings (SSSR count). The Morgan fingerprint density at radius 3 is 2.68 bits per heavy atom. The van der Waals surface area contributed by atoms with Crippen molar-refractivity contribution in [1.29, 1.82) is 0 Å². The summed E-state index contributed by atoms with van der Waals surface area (Å²) >= 11 is 1.35. The summed E-state index contributed by atoms with van der Waals surface area (Å²) in [6.45, 7) is 5.01. The third kappa shape index (κ3) is 4.59. The first-order valence-electron chi connectivity index (χ1n) is 9.10. The third-order valence-corrected chi connectivity index (χ3v) is 5.38. The highest BCUT2D eigenvalue weighted by molar-refractivity contribution is 7.99. The van der Waals surface area contributed by atoms with Crippen LogP contribution in [0.3, 0.4) is 0 Å². The fourth-order valence-electron chi connectivity index (χ4n) is 2.89. The number of hydrogen-bond donors (Lipinski definition) is 0. The van der Waals surface area contributed by atoms with Crippen LogP contribution in [0, 0.1) is 12.7 Å². The molecule has 0 aliphatic rings. The Labute approximate surface area is 168 Å². The van der Waals surface area contributed by atoms with Crippen molar-refractivity contribution in [2.45, 2.75) is 32.1 Å². The molecule has 5 nitrogen and oxygen atoms in total. The minimum atomic E-state index is -0.302. The van der Waals surface area contributed by atoms with Crippen LogP contribution in [0.5, 0.6) is 0 Å². The highest BCUT2D eigenvalue weighted by Crippen LogP contribution is 2.25. The van der Waals surface area contributed by atoms with Crippen LogP contribution in [0.2, 0.25) is 0 Å². The van der Waals surface area contributed by atoms with Crippen molar-refractivity contribution in [1.82, 2.24) is 19.7 Å². The van der Waals surface area contributed by atoms with Crippen LogP contribution in [0.15, 0.2) is 53.7 Å². The van der Waals surface area contributed by atoms with E-state index >= 15 is 0 Å². The van der Waals surface area contributed by atoms with E-state index in [1.165, 1.54) is 22.7 Å². The molecule has 0 unspecified atom stereocenters. The number of carbonyl (C=O) groups is 1. The summed E-state index contributed by atoms with van der Waals surface area (Å²) in [4.78, 5) is 14.0. The minimum absolute atomic E-state index is 0.0870. The van der Waals surface area contributed by atoms with Crippen molar-refractivity contribution in [3.63, 3.8) is 0 Å². The number of thioether (sulfide) groups is 1. The maximum Gasteiger partial charge on any atom is 0.233 e. The molecule has 0 aliphatic heterocycles. The highest BCUT2D eigenvalue weighted by atomic mass is 32.2. The monoisotopic (exact) mass is 398 g/mol. The van der Waals surface area contributed by atoms with Crippen molar-refractivity contribution in [2.75, 3.05) is 12.8 Å². The molecule has 0 saturated heterocycles. The second-order valence-electron chi connectivity index (χ2n) is 6.55. The van der Waals surface area contributed by atoms with Gasteiger partial charge in [0.1, 0.15) is 5.82 Å². The van der Waals surface area contributed by atoms with Crippen LogP contribution in [-0.4, -0.2) is 38.4 Å². The number of aryl methyl sites for hydroxylation is 1. The molecule has 3 aromatic rings. The number of amides is 1. The standard InChI is InChI=1S/C21H23FN4OS/c1-4-26-20(16-10-7-8-15(2)12-16)23-24-21(26)28-14-19(27)25(3)13-17-9-5-6-11-18(17)22/h5-12H,4,13-14H2,1-3H3.